The highest BCUT2D eigenvalue weighted by Gasteiger charge is 2.14. The summed E-state index contributed by atoms with van der Waals surface area (Å²) in [6, 6.07) is 10.2. The van der Waals surface area contributed by atoms with Crippen LogP contribution in [-0.2, 0) is 4.79 Å². The standard InChI is InChI=1S/C16H22OS/c17-15(12-11-14-7-3-1-4-8-14)13-18-16-9-5-2-6-10-16/h2,5-6,9-10,14H,1,3-4,7-8,11-13H2. The van der Waals surface area contributed by atoms with Gasteiger partial charge in [0.1, 0.15) is 5.78 Å². The zero-order valence-electron chi connectivity index (χ0n) is 10.9. The summed E-state index contributed by atoms with van der Waals surface area (Å²) in [6.45, 7) is 0. The predicted molar refractivity (Wildman–Crippen MR) is 78.0 cm³/mol. The van der Waals surface area contributed by atoms with E-state index in [9.17, 15) is 4.79 Å². The summed E-state index contributed by atoms with van der Waals surface area (Å²) >= 11 is 1.67. The lowest BCUT2D eigenvalue weighted by Crippen LogP contribution is -2.10. The predicted octanol–water partition coefficient (Wildman–Crippen LogP) is 4.71. The Balaban J connectivity index is 1.63. The third-order valence-electron chi connectivity index (χ3n) is 3.70. The first-order valence-electron chi connectivity index (χ1n) is 7.04. The number of rotatable bonds is 6. The summed E-state index contributed by atoms with van der Waals surface area (Å²) in [4.78, 5) is 13.0. The second kappa shape index (κ2) is 7.63. The monoisotopic (exact) mass is 262 g/mol. The van der Waals surface area contributed by atoms with Crippen LogP contribution in [0.5, 0.6) is 0 Å². The van der Waals surface area contributed by atoms with Gasteiger partial charge in [0.15, 0.2) is 0 Å². The van der Waals surface area contributed by atoms with Gasteiger partial charge in [-0.2, -0.15) is 0 Å². The Bertz CT molecular complexity index is 355. The molecule has 1 aliphatic carbocycles. The van der Waals surface area contributed by atoms with Gasteiger partial charge in [0.2, 0.25) is 0 Å². The van der Waals surface area contributed by atoms with Crippen LogP contribution in [0.2, 0.25) is 0 Å². The minimum Gasteiger partial charge on any atom is -0.299 e. The first-order valence-corrected chi connectivity index (χ1v) is 8.03. The quantitative estimate of drug-likeness (QED) is 0.691. The van der Waals surface area contributed by atoms with E-state index in [-0.39, 0.29) is 0 Å². The SMILES string of the molecule is O=C(CCC1CCCCC1)CSc1ccccc1. The molecule has 98 valence electrons. The molecule has 0 N–H and O–H groups in total. The maximum absolute atomic E-state index is 11.8. The number of Topliss-reactive ketones (excluding diaryl/α,β-unsaturated/α-hetero) is 1. The number of ketones is 1. The molecule has 2 heteroatoms. The largest absolute Gasteiger partial charge is 0.299 e. The highest BCUT2D eigenvalue weighted by Crippen LogP contribution is 2.27. The van der Waals surface area contributed by atoms with Crippen LogP contribution in [0.3, 0.4) is 0 Å². The van der Waals surface area contributed by atoms with E-state index < -0.39 is 0 Å². The minimum atomic E-state index is 0.412. The lowest BCUT2D eigenvalue weighted by molar-refractivity contribution is -0.116. The molecule has 18 heavy (non-hydrogen) atoms. The van der Waals surface area contributed by atoms with E-state index in [0.717, 1.165) is 18.8 Å². The fraction of sp³-hybridized carbons (Fsp3) is 0.562. The van der Waals surface area contributed by atoms with Gasteiger partial charge in [-0.1, -0.05) is 50.3 Å². The topological polar surface area (TPSA) is 17.1 Å². The molecule has 1 fully saturated rings. The van der Waals surface area contributed by atoms with Gasteiger partial charge in [-0.3, -0.25) is 4.79 Å². The molecule has 0 atom stereocenters. The van der Waals surface area contributed by atoms with E-state index in [1.807, 2.05) is 18.2 Å². The Morgan fingerprint density at radius 1 is 1.11 bits per heavy atom. The number of hydrogen-bond donors (Lipinski definition) is 0. The van der Waals surface area contributed by atoms with Crippen LogP contribution >= 0.6 is 11.8 Å². The average Bonchev–Trinajstić information content (AvgIpc) is 2.45. The van der Waals surface area contributed by atoms with E-state index >= 15 is 0 Å². The van der Waals surface area contributed by atoms with Crippen molar-refractivity contribution in [3.8, 4) is 0 Å². The van der Waals surface area contributed by atoms with Gasteiger partial charge < -0.3 is 0 Å². The molecule has 0 saturated heterocycles. The molecule has 0 radical (unpaired) electrons. The average molecular weight is 262 g/mol. The van der Waals surface area contributed by atoms with Crippen molar-refractivity contribution in [2.75, 3.05) is 5.75 Å². The molecule has 0 amide bonds. The van der Waals surface area contributed by atoms with Crippen LogP contribution in [0.4, 0.5) is 0 Å². The normalized spacial score (nSPS) is 16.7. The molecule has 1 aromatic rings. The summed E-state index contributed by atoms with van der Waals surface area (Å²) in [7, 11) is 0. The van der Waals surface area contributed by atoms with Gasteiger partial charge in [0.25, 0.3) is 0 Å². The molecule has 1 aromatic carbocycles. The number of hydrogen-bond acceptors (Lipinski definition) is 2. The molecule has 0 bridgehead atoms. The summed E-state index contributed by atoms with van der Waals surface area (Å²) in [6.07, 6.45) is 8.74. The Kier molecular flexibility index (Phi) is 5.79. The van der Waals surface area contributed by atoms with E-state index in [4.69, 9.17) is 0 Å². The second-order valence-corrected chi connectivity index (χ2v) is 6.23. The first-order chi connectivity index (χ1) is 8.84. The summed E-state index contributed by atoms with van der Waals surface area (Å²) < 4.78 is 0. The third kappa shape index (κ3) is 4.85. The molecule has 1 aliphatic rings. The fourth-order valence-corrected chi connectivity index (χ4v) is 3.42. The van der Waals surface area contributed by atoms with Crippen molar-refractivity contribution >= 4 is 17.5 Å². The van der Waals surface area contributed by atoms with Crippen molar-refractivity contribution < 1.29 is 4.79 Å². The molecule has 1 nitrogen and oxygen atoms in total. The van der Waals surface area contributed by atoms with Gasteiger partial charge in [-0.05, 0) is 24.5 Å². The van der Waals surface area contributed by atoms with Gasteiger partial charge in [-0.15, -0.1) is 11.8 Å². The highest BCUT2D eigenvalue weighted by atomic mass is 32.2. The minimum absolute atomic E-state index is 0.412. The third-order valence-corrected chi connectivity index (χ3v) is 4.77. The molecule has 0 unspecified atom stereocenters. The van der Waals surface area contributed by atoms with Gasteiger partial charge in [-0.25, -0.2) is 0 Å². The van der Waals surface area contributed by atoms with Crippen molar-refractivity contribution in [2.24, 2.45) is 5.92 Å². The van der Waals surface area contributed by atoms with Crippen molar-refractivity contribution in [1.29, 1.82) is 0 Å². The van der Waals surface area contributed by atoms with E-state index in [0.29, 0.717) is 11.5 Å². The number of benzene rings is 1. The second-order valence-electron chi connectivity index (χ2n) is 5.18. The summed E-state index contributed by atoms with van der Waals surface area (Å²) in [5, 5.41) is 0. The van der Waals surface area contributed by atoms with Crippen LogP contribution in [0.15, 0.2) is 35.2 Å². The van der Waals surface area contributed by atoms with Crippen molar-refractivity contribution in [3.05, 3.63) is 30.3 Å². The zero-order chi connectivity index (χ0) is 12.6. The van der Waals surface area contributed by atoms with Crippen molar-refractivity contribution in [2.45, 2.75) is 49.8 Å². The smallest absolute Gasteiger partial charge is 0.143 e. The molecule has 0 aliphatic heterocycles. The molecule has 1 saturated carbocycles. The molecule has 2 rings (SSSR count). The Hall–Kier alpha value is -0.760. The van der Waals surface area contributed by atoms with Crippen LogP contribution in [-0.4, -0.2) is 11.5 Å². The number of carbonyl (C=O) groups is 1. The van der Waals surface area contributed by atoms with Crippen molar-refractivity contribution in [1.82, 2.24) is 0 Å². The lowest BCUT2D eigenvalue weighted by Gasteiger charge is -2.20. The highest BCUT2D eigenvalue weighted by molar-refractivity contribution is 8.00. The van der Waals surface area contributed by atoms with Gasteiger partial charge in [0, 0.05) is 11.3 Å². The van der Waals surface area contributed by atoms with Gasteiger partial charge in [0.05, 0.1) is 5.75 Å². The van der Waals surface area contributed by atoms with E-state index in [1.165, 1.54) is 37.0 Å². The maximum Gasteiger partial charge on any atom is 0.143 e. The first kappa shape index (κ1) is 13.7. The van der Waals surface area contributed by atoms with E-state index in [2.05, 4.69) is 12.1 Å². The van der Waals surface area contributed by atoms with E-state index in [1.54, 1.807) is 11.8 Å². The van der Waals surface area contributed by atoms with Crippen LogP contribution < -0.4 is 0 Å². The van der Waals surface area contributed by atoms with Crippen LogP contribution in [0.1, 0.15) is 44.9 Å². The zero-order valence-corrected chi connectivity index (χ0v) is 11.8. The summed E-state index contributed by atoms with van der Waals surface area (Å²) in [5.41, 5.74) is 0. The number of thioether (sulfide) groups is 1. The molecular formula is C16H22OS. The Labute approximate surface area is 114 Å². The molecule has 0 heterocycles. The van der Waals surface area contributed by atoms with Crippen molar-refractivity contribution in [3.63, 3.8) is 0 Å². The maximum atomic E-state index is 11.8. The Morgan fingerprint density at radius 2 is 1.83 bits per heavy atom. The molecule has 0 aromatic heterocycles. The number of carbonyl (C=O) groups excluding carboxylic acids is 1. The fourth-order valence-electron chi connectivity index (χ4n) is 2.59. The van der Waals surface area contributed by atoms with Crippen LogP contribution in [0.25, 0.3) is 0 Å². The molecule has 0 spiro atoms. The summed E-state index contributed by atoms with van der Waals surface area (Å²) in [5.74, 6) is 1.87. The molecular weight excluding hydrogens is 240 g/mol. The lowest BCUT2D eigenvalue weighted by atomic mass is 9.86. The Morgan fingerprint density at radius 3 is 2.56 bits per heavy atom. The van der Waals surface area contributed by atoms with Crippen LogP contribution in [0, 0.1) is 5.92 Å². The van der Waals surface area contributed by atoms with Gasteiger partial charge >= 0.3 is 0 Å².